The Morgan fingerprint density at radius 2 is 1.90 bits per heavy atom. The molecule has 0 spiro atoms. The first-order chi connectivity index (χ1) is 9.04. The highest BCUT2D eigenvalue weighted by Crippen LogP contribution is 2.26. The summed E-state index contributed by atoms with van der Waals surface area (Å²) in [7, 11) is -2.69. The van der Waals surface area contributed by atoms with Crippen molar-refractivity contribution in [3.63, 3.8) is 0 Å². The number of likely N-dealkylation sites (N-methyl/N-ethyl adjacent to an activating group) is 1. The summed E-state index contributed by atoms with van der Waals surface area (Å²) in [5.74, 6) is -1.94. The minimum Gasteiger partial charge on any atom is -0.507 e. The van der Waals surface area contributed by atoms with Crippen LogP contribution in [0.15, 0.2) is 23.1 Å². The van der Waals surface area contributed by atoms with E-state index in [0.717, 1.165) is 22.5 Å². The number of rotatable bonds is 5. The molecule has 0 amide bonds. The zero-order valence-corrected chi connectivity index (χ0v) is 12.2. The molecule has 1 aromatic carbocycles. The monoisotopic (exact) mass is 303 g/mol. The second-order valence-electron chi connectivity index (χ2n) is 4.93. The van der Waals surface area contributed by atoms with E-state index in [1.54, 1.807) is 0 Å². The standard InChI is InChI=1S/C12H17NO6S/c1-12(2,7-14)13(3)20(18,19)8-4-5-10(15)9(6-8)11(16)17/h4-6,14-15H,7H2,1-3H3,(H,16,17). The van der Waals surface area contributed by atoms with E-state index in [9.17, 15) is 23.4 Å². The van der Waals surface area contributed by atoms with Crippen LogP contribution in [-0.4, -0.2) is 53.2 Å². The fraction of sp³-hybridized carbons (Fsp3) is 0.417. The number of carboxylic acid groups (broad SMARTS) is 1. The van der Waals surface area contributed by atoms with Crippen molar-refractivity contribution in [1.29, 1.82) is 0 Å². The molecule has 0 aliphatic carbocycles. The molecule has 3 N–H and O–H groups in total. The lowest BCUT2D eigenvalue weighted by molar-refractivity contribution is 0.0693. The number of nitrogens with zero attached hydrogens (tertiary/aromatic N) is 1. The molecular weight excluding hydrogens is 286 g/mol. The van der Waals surface area contributed by atoms with Gasteiger partial charge in [-0.2, -0.15) is 4.31 Å². The van der Waals surface area contributed by atoms with Crippen LogP contribution < -0.4 is 0 Å². The third-order valence-corrected chi connectivity index (χ3v) is 5.16. The smallest absolute Gasteiger partial charge is 0.339 e. The van der Waals surface area contributed by atoms with E-state index in [2.05, 4.69) is 0 Å². The highest BCUT2D eigenvalue weighted by Gasteiger charge is 2.34. The van der Waals surface area contributed by atoms with E-state index < -0.39 is 39.5 Å². The van der Waals surface area contributed by atoms with Crippen molar-refractivity contribution in [2.75, 3.05) is 13.7 Å². The maximum atomic E-state index is 12.4. The van der Waals surface area contributed by atoms with Gasteiger partial charge in [-0.3, -0.25) is 0 Å². The van der Waals surface area contributed by atoms with Crippen LogP contribution in [0.5, 0.6) is 5.75 Å². The van der Waals surface area contributed by atoms with Crippen molar-refractivity contribution in [2.45, 2.75) is 24.3 Å². The molecule has 0 unspecified atom stereocenters. The van der Waals surface area contributed by atoms with Gasteiger partial charge >= 0.3 is 5.97 Å². The second kappa shape index (κ2) is 5.39. The van der Waals surface area contributed by atoms with E-state index in [4.69, 9.17) is 5.11 Å². The molecule has 0 atom stereocenters. The fourth-order valence-corrected chi connectivity index (χ4v) is 2.96. The SMILES string of the molecule is CN(C(C)(C)CO)S(=O)(=O)c1ccc(O)c(C(=O)O)c1. The van der Waals surface area contributed by atoms with Crippen LogP contribution in [0.25, 0.3) is 0 Å². The summed E-state index contributed by atoms with van der Waals surface area (Å²) in [6.07, 6.45) is 0. The van der Waals surface area contributed by atoms with Gasteiger partial charge in [-0.25, -0.2) is 13.2 Å². The quantitative estimate of drug-likeness (QED) is 0.729. The molecule has 1 rings (SSSR count). The molecule has 7 nitrogen and oxygen atoms in total. The van der Waals surface area contributed by atoms with Gasteiger partial charge < -0.3 is 15.3 Å². The van der Waals surface area contributed by atoms with E-state index in [-0.39, 0.29) is 4.90 Å². The van der Waals surface area contributed by atoms with Crippen LogP contribution in [-0.2, 0) is 10.0 Å². The molecule has 0 saturated heterocycles. The molecule has 112 valence electrons. The molecule has 0 aromatic heterocycles. The van der Waals surface area contributed by atoms with E-state index in [0.29, 0.717) is 0 Å². The van der Waals surface area contributed by atoms with Gasteiger partial charge in [0.2, 0.25) is 10.0 Å². The lowest BCUT2D eigenvalue weighted by Crippen LogP contribution is -2.47. The molecule has 0 saturated carbocycles. The molecule has 0 heterocycles. The molecule has 0 aliphatic rings. The van der Waals surface area contributed by atoms with Gasteiger partial charge in [-0.1, -0.05) is 0 Å². The Balaban J connectivity index is 3.37. The number of benzene rings is 1. The first-order valence-electron chi connectivity index (χ1n) is 5.70. The summed E-state index contributed by atoms with van der Waals surface area (Å²) < 4.78 is 25.7. The molecule has 0 bridgehead atoms. The van der Waals surface area contributed by atoms with Crippen molar-refractivity contribution in [3.05, 3.63) is 23.8 Å². The van der Waals surface area contributed by atoms with Crippen LogP contribution in [0.4, 0.5) is 0 Å². The van der Waals surface area contributed by atoms with E-state index in [1.165, 1.54) is 20.9 Å². The number of hydrogen-bond acceptors (Lipinski definition) is 5. The van der Waals surface area contributed by atoms with Gasteiger partial charge in [0.15, 0.2) is 0 Å². The van der Waals surface area contributed by atoms with E-state index >= 15 is 0 Å². The van der Waals surface area contributed by atoms with Crippen molar-refractivity contribution in [2.24, 2.45) is 0 Å². The fourth-order valence-electron chi connectivity index (χ4n) is 1.43. The van der Waals surface area contributed by atoms with Crippen LogP contribution in [0.2, 0.25) is 0 Å². The number of aromatic carboxylic acids is 1. The summed E-state index contributed by atoms with van der Waals surface area (Å²) in [6.45, 7) is 2.67. The summed E-state index contributed by atoms with van der Waals surface area (Å²) in [6, 6.07) is 3.01. The van der Waals surface area contributed by atoms with Gasteiger partial charge in [-0.05, 0) is 32.0 Å². The summed E-state index contributed by atoms with van der Waals surface area (Å²) >= 11 is 0. The number of aliphatic hydroxyl groups is 1. The van der Waals surface area contributed by atoms with Crippen molar-refractivity contribution < 1.29 is 28.5 Å². The minimum atomic E-state index is -3.98. The molecule has 0 radical (unpaired) electrons. The zero-order valence-electron chi connectivity index (χ0n) is 11.4. The summed E-state index contributed by atoms with van der Waals surface area (Å²) in [5, 5.41) is 27.5. The number of hydrogen-bond donors (Lipinski definition) is 3. The molecular formula is C12H17NO6S. The van der Waals surface area contributed by atoms with Gasteiger partial charge in [0.05, 0.1) is 17.0 Å². The predicted molar refractivity (Wildman–Crippen MR) is 71.2 cm³/mol. The average molecular weight is 303 g/mol. The van der Waals surface area contributed by atoms with Crippen molar-refractivity contribution >= 4 is 16.0 Å². The first kappa shape index (κ1) is 16.4. The maximum Gasteiger partial charge on any atom is 0.339 e. The third-order valence-electron chi connectivity index (χ3n) is 3.10. The number of sulfonamides is 1. The third kappa shape index (κ3) is 2.92. The molecule has 0 aliphatic heterocycles. The zero-order chi connectivity index (χ0) is 15.7. The van der Waals surface area contributed by atoms with Crippen molar-refractivity contribution in [1.82, 2.24) is 4.31 Å². The number of aromatic hydroxyl groups is 1. The summed E-state index contributed by atoms with van der Waals surface area (Å²) in [5.41, 5.74) is -1.54. The maximum absolute atomic E-state index is 12.4. The van der Waals surface area contributed by atoms with Gasteiger partial charge in [0, 0.05) is 7.05 Å². The number of carboxylic acids is 1. The van der Waals surface area contributed by atoms with Crippen LogP contribution in [0, 0.1) is 0 Å². The van der Waals surface area contributed by atoms with Gasteiger partial charge in [0.1, 0.15) is 11.3 Å². The number of phenols is 1. The Bertz CT molecular complexity index is 623. The van der Waals surface area contributed by atoms with E-state index in [1.807, 2.05) is 0 Å². The molecule has 0 fully saturated rings. The largest absolute Gasteiger partial charge is 0.507 e. The highest BCUT2D eigenvalue weighted by atomic mass is 32.2. The predicted octanol–water partition coefficient (Wildman–Crippen LogP) is 0.482. The average Bonchev–Trinajstić information content (AvgIpc) is 2.37. The van der Waals surface area contributed by atoms with Gasteiger partial charge in [0.25, 0.3) is 0 Å². The van der Waals surface area contributed by atoms with Gasteiger partial charge in [-0.15, -0.1) is 0 Å². The first-order valence-corrected chi connectivity index (χ1v) is 7.14. The van der Waals surface area contributed by atoms with Crippen molar-refractivity contribution in [3.8, 4) is 5.75 Å². The topological polar surface area (TPSA) is 115 Å². The number of carbonyl (C=O) groups is 1. The van der Waals surface area contributed by atoms with Crippen LogP contribution in [0.1, 0.15) is 24.2 Å². The Morgan fingerprint density at radius 1 is 1.35 bits per heavy atom. The highest BCUT2D eigenvalue weighted by molar-refractivity contribution is 7.89. The normalized spacial score (nSPS) is 12.7. The Labute approximate surface area is 117 Å². The Kier molecular flexibility index (Phi) is 4.42. The lowest BCUT2D eigenvalue weighted by atomic mass is 10.1. The minimum absolute atomic E-state index is 0.267. The Morgan fingerprint density at radius 3 is 2.35 bits per heavy atom. The molecule has 8 heteroatoms. The lowest BCUT2D eigenvalue weighted by Gasteiger charge is -2.32. The molecule has 20 heavy (non-hydrogen) atoms. The van der Waals surface area contributed by atoms with Crippen LogP contribution >= 0.6 is 0 Å². The second-order valence-corrected chi connectivity index (χ2v) is 6.90. The number of aliphatic hydroxyl groups excluding tert-OH is 1. The molecule has 1 aromatic rings. The summed E-state index contributed by atoms with van der Waals surface area (Å²) in [4.78, 5) is 10.6. The van der Waals surface area contributed by atoms with Crippen LogP contribution in [0.3, 0.4) is 0 Å². The Hall–Kier alpha value is -1.64.